The van der Waals surface area contributed by atoms with E-state index in [1.165, 1.54) is 64.2 Å². The van der Waals surface area contributed by atoms with Gasteiger partial charge in [-0.25, -0.2) is 9.59 Å². The highest BCUT2D eigenvalue weighted by molar-refractivity contribution is 5.96. The summed E-state index contributed by atoms with van der Waals surface area (Å²) < 4.78 is 0. The Bertz CT molecular complexity index is 768. The fraction of sp³-hybridized carbons (Fsp3) is 0.758. The van der Waals surface area contributed by atoms with Gasteiger partial charge in [-0.05, 0) is 61.3 Å². The summed E-state index contributed by atoms with van der Waals surface area (Å²) >= 11 is 0. The van der Waals surface area contributed by atoms with E-state index in [0.29, 0.717) is 30.4 Å². The van der Waals surface area contributed by atoms with Crippen LogP contribution in [0, 0.1) is 0 Å². The van der Waals surface area contributed by atoms with Crippen molar-refractivity contribution in [2.45, 2.75) is 162 Å². The maximum atomic E-state index is 12.6. The molecule has 0 atom stereocenters. The fourth-order valence-corrected chi connectivity index (χ4v) is 5.49. The molecule has 0 unspecified atom stereocenters. The van der Waals surface area contributed by atoms with Gasteiger partial charge in [0.1, 0.15) is 0 Å². The third kappa shape index (κ3) is 13.5. The molecule has 1 aromatic rings. The quantitative estimate of drug-likeness (QED) is 0.134. The molecule has 0 aliphatic heterocycles. The largest absolute Gasteiger partial charge is 0.478 e. The van der Waals surface area contributed by atoms with Crippen molar-refractivity contribution in [1.29, 1.82) is 0 Å². The van der Waals surface area contributed by atoms with Crippen LogP contribution in [0.25, 0.3) is 0 Å². The van der Waals surface area contributed by atoms with Gasteiger partial charge in [-0.3, -0.25) is 0 Å². The molecule has 0 fully saturated rings. The molecule has 0 aromatic heterocycles. The molecule has 37 heavy (non-hydrogen) atoms. The smallest absolute Gasteiger partial charge is 0.336 e. The van der Waals surface area contributed by atoms with Crippen molar-refractivity contribution in [2.75, 3.05) is 0 Å². The van der Waals surface area contributed by atoms with Crippen LogP contribution in [0.1, 0.15) is 180 Å². The topological polar surface area (TPSA) is 74.6 Å². The fourth-order valence-electron chi connectivity index (χ4n) is 5.49. The summed E-state index contributed by atoms with van der Waals surface area (Å²) in [5.41, 5.74) is 3.08. The predicted molar refractivity (Wildman–Crippen MR) is 156 cm³/mol. The minimum absolute atomic E-state index is 0.345. The number of aryl methyl sites for hydroxylation is 1. The Morgan fingerprint density at radius 1 is 0.514 bits per heavy atom. The molecule has 2 N–H and O–H groups in total. The number of aromatic carboxylic acids is 2. The average Bonchev–Trinajstić information content (AvgIpc) is 2.87. The van der Waals surface area contributed by atoms with E-state index in [1.54, 1.807) is 6.07 Å². The summed E-state index contributed by atoms with van der Waals surface area (Å²) in [6.07, 6.45) is 23.7. The molecule has 0 bridgehead atoms. The molecule has 4 heteroatoms. The van der Waals surface area contributed by atoms with Gasteiger partial charge in [-0.1, -0.05) is 124 Å². The first kappa shape index (κ1) is 33.2. The van der Waals surface area contributed by atoms with Crippen LogP contribution in [-0.4, -0.2) is 22.2 Å². The van der Waals surface area contributed by atoms with E-state index in [1.807, 2.05) is 0 Å². The standard InChI is InChI=1S/C33H56O4/c1-4-7-10-13-16-19-21-24-28-29(25-22-18-15-12-9-6-3)31(33(36)37)27(26-30(28)32(34)35)23-20-17-14-11-8-5-2/h26H,4-25H2,1-3H3,(H,34,35)(H,36,37). The summed E-state index contributed by atoms with van der Waals surface area (Å²) in [6.45, 7) is 6.62. The Balaban J connectivity index is 3.12. The van der Waals surface area contributed by atoms with Crippen LogP contribution in [0.3, 0.4) is 0 Å². The number of hydrogen-bond acceptors (Lipinski definition) is 2. The highest BCUT2D eigenvalue weighted by Crippen LogP contribution is 2.30. The van der Waals surface area contributed by atoms with Crippen molar-refractivity contribution in [3.8, 4) is 0 Å². The number of carbonyl (C=O) groups is 2. The summed E-state index contributed by atoms with van der Waals surface area (Å²) in [5, 5.41) is 20.4. The van der Waals surface area contributed by atoms with Crippen molar-refractivity contribution in [1.82, 2.24) is 0 Å². The molecule has 0 aliphatic carbocycles. The van der Waals surface area contributed by atoms with E-state index < -0.39 is 11.9 Å². The lowest BCUT2D eigenvalue weighted by Crippen LogP contribution is -2.16. The van der Waals surface area contributed by atoms with Crippen LogP contribution in [0.4, 0.5) is 0 Å². The molecule has 0 aliphatic rings. The zero-order valence-electron chi connectivity index (χ0n) is 24.3. The monoisotopic (exact) mass is 516 g/mol. The van der Waals surface area contributed by atoms with Gasteiger partial charge in [0.05, 0.1) is 11.1 Å². The van der Waals surface area contributed by atoms with Gasteiger partial charge in [-0.2, -0.15) is 0 Å². The van der Waals surface area contributed by atoms with Crippen molar-refractivity contribution in [3.05, 3.63) is 33.9 Å². The molecule has 0 saturated heterocycles. The summed E-state index contributed by atoms with van der Waals surface area (Å²) in [4.78, 5) is 24.9. The lowest BCUT2D eigenvalue weighted by atomic mass is 9.84. The van der Waals surface area contributed by atoms with E-state index in [9.17, 15) is 19.8 Å². The van der Waals surface area contributed by atoms with Gasteiger partial charge in [0, 0.05) is 0 Å². The van der Waals surface area contributed by atoms with E-state index in [0.717, 1.165) is 74.5 Å². The number of carboxylic acid groups (broad SMARTS) is 2. The minimum atomic E-state index is -0.914. The van der Waals surface area contributed by atoms with Gasteiger partial charge in [0.25, 0.3) is 0 Å². The second-order valence-corrected chi connectivity index (χ2v) is 10.9. The number of unbranched alkanes of at least 4 members (excludes halogenated alkanes) is 16. The number of carboxylic acids is 2. The van der Waals surface area contributed by atoms with Crippen LogP contribution in [0.5, 0.6) is 0 Å². The maximum Gasteiger partial charge on any atom is 0.336 e. The van der Waals surface area contributed by atoms with Crippen LogP contribution in [0.2, 0.25) is 0 Å². The molecule has 0 spiro atoms. The predicted octanol–water partition coefficient (Wildman–Crippen LogP) is 10.2. The Kier molecular flexibility index (Phi) is 19.0. The van der Waals surface area contributed by atoms with Crippen molar-refractivity contribution in [3.63, 3.8) is 0 Å². The SMILES string of the molecule is CCCCCCCCCc1c(C(=O)O)cc(CCCCCCCC)c(C(=O)O)c1CCCCCCCC. The molecule has 0 saturated carbocycles. The molecular formula is C33H56O4. The first-order valence-electron chi connectivity index (χ1n) is 15.6. The summed E-state index contributed by atoms with van der Waals surface area (Å²) in [5.74, 6) is -1.80. The van der Waals surface area contributed by atoms with Crippen molar-refractivity contribution in [2.24, 2.45) is 0 Å². The molecule has 212 valence electrons. The minimum Gasteiger partial charge on any atom is -0.478 e. The number of hydrogen-bond donors (Lipinski definition) is 2. The molecule has 4 nitrogen and oxygen atoms in total. The van der Waals surface area contributed by atoms with Gasteiger partial charge in [0.15, 0.2) is 0 Å². The third-order valence-corrected chi connectivity index (χ3v) is 7.69. The molecular weight excluding hydrogens is 460 g/mol. The third-order valence-electron chi connectivity index (χ3n) is 7.69. The Labute approximate surface area is 227 Å². The highest BCUT2D eigenvalue weighted by atomic mass is 16.4. The highest BCUT2D eigenvalue weighted by Gasteiger charge is 2.24. The molecule has 0 radical (unpaired) electrons. The Hall–Kier alpha value is -1.84. The summed E-state index contributed by atoms with van der Waals surface area (Å²) in [6, 6.07) is 1.71. The van der Waals surface area contributed by atoms with E-state index in [4.69, 9.17) is 0 Å². The zero-order valence-corrected chi connectivity index (χ0v) is 24.3. The normalized spacial score (nSPS) is 11.2. The first-order valence-corrected chi connectivity index (χ1v) is 15.6. The van der Waals surface area contributed by atoms with Gasteiger partial charge >= 0.3 is 11.9 Å². The van der Waals surface area contributed by atoms with Crippen molar-refractivity contribution >= 4 is 11.9 Å². The average molecular weight is 517 g/mol. The van der Waals surface area contributed by atoms with Gasteiger partial charge < -0.3 is 10.2 Å². The first-order chi connectivity index (χ1) is 18.0. The maximum absolute atomic E-state index is 12.6. The lowest BCUT2D eigenvalue weighted by Gasteiger charge is -2.20. The van der Waals surface area contributed by atoms with E-state index >= 15 is 0 Å². The van der Waals surface area contributed by atoms with Crippen molar-refractivity contribution < 1.29 is 19.8 Å². The number of benzene rings is 1. The van der Waals surface area contributed by atoms with E-state index in [-0.39, 0.29) is 0 Å². The van der Waals surface area contributed by atoms with Crippen LogP contribution < -0.4 is 0 Å². The molecule has 1 aromatic carbocycles. The van der Waals surface area contributed by atoms with Crippen LogP contribution in [-0.2, 0) is 19.3 Å². The Morgan fingerprint density at radius 3 is 1.30 bits per heavy atom. The lowest BCUT2D eigenvalue weighted by molar-refractivity contribution is 0.0677. The van der Waals surface area contributed by atoms with Gasteiger partial charge in [0.2, 0.25) is 0 Å². The second kappa shape index (κ2) is 21.1. The van der Waals surface area contributed by atoms with Crippen LogP contribution >= 0.6 is 0 Å². The van der Waals surface area contributed by atoms with Gasteiger partial charge in [-0.15, -0.1) is 0 Å². The van der Waals surface area contributed by atoms with E-state index in [2.05, 4.69) is 20.8 Å². The zero-order chi connectivity index (χ0) is 27.3. The Morgan fingerprint density at radius 2 is 0.892 bits per heavy atom. The second-order valence-electron chi connectivity index (χ2n) is 10.9. The molecule has 0 amide bonds. The summed E-state index contributed by atoms with van der Waals surface area (Å²) in [7, 11) is 0. The van der Waals surface area contributed by atoms with Crippen LogP contribution in [0.15, 0.2) is 6.07 Å². The number of rotatable bonds is 24. The molecule has 1 rings (SSSR count). The molecule has 0 heterocycles.